The smallest absolute Gasteiger partial charge is 0.384 e. The van der Waals surface area contributed by atoms with Gasteiger partial charge in [0.25, 0.3) is 0 Å². The van der Waals surface area contributed by atoms with E-state index in [1.807, 2.05) is 0 Å². The van der Waals surface area contributed by atoms with Crippen molar-refractivity contribution < 1.29 is 18.3 Å². The van der Waals surface area contributed by atoms with E-state index in [0.717, 1.165) is 16.7 Å². The van der Waals surface area contributed by atoms with Crippen LogP contribution < -0.4 is 0 Å². The first-order chi connectivity index (χ1) is 6.04. The SMILES string of the molecule is OCC#Cc1nc(C(F)(F)F)cs1. The zero-order chi connectivity index (χ0) is 9.90. The summed E-state index contributed by atoms with van der Waals surface area (Å²) < 4.78 is 35.9. The predicted octanol–water partition coefficient (Wildman–Crippen LogP) is 1.51. The van der Waals surface area contributed by atoms with Gasteiger partial charge in [-0.15, -0.1) is 11.3 Å². The number of aliphatic hydroxyl groups is 1. The fourth-order valence-corrected chi connectivity index (χ4v) is 1.27. The summed E-state index contributed by atoms with van der Waals surface area (Å²) in [5.74, 6) is 4.51. The van der Waals surface area contributed by atoms with Gasteiger partial charge in [0, 0.05) is 5.38 Å². The van der Waals surface area contributed by atoms with E-state index in [4.69, 9.17) is 5.11 Å². The van der Waals surface area contributed by atoms with Gasteiger partial charge in [-0.3, -0.25) is 0 Å². The lowest BCUT2D eigenvalue weighted by molar-refractivity contribution is -0.140. The van der Waals surface area contributed by atoms with Crippen LogP contribution in [0.3, 0.4) is 0 Å². The second-order valence-corrected chi connectivity index (χ2v) is 2.85. The highest BCUT2D eigenvalue weighted by Gasteiger charge is 2.33. The molecule has 0 aliphatic rings. The van der Waals surface area contributed by atoms with E-state index in [1.165, 1.54) is 0 Å². The second-order valence-electron chi connectivity index (χ2n) is 2.00. The van der Waals surface area contributed by atoms with Gasteiger partial charge in [0.2, 0.25) is 0 Å². The highest BCUT2D eigenvalue weighted by molar-refractivity contribution is 7.10. The normalized spacial score (nSPS) is 10.8. The van der Waals surface area contributed by atoms with Gasteiger partial charge in [-0.2, -0.15) is 13.2 Å². The predicted molar refractivity (Wildman–Crippen MR) is 41.1 cm³/mol. The molecule has 13 heavy (non-hydrogen) atoms. The molecule has 1 rings (SSSR count). The van der Waals surface area contributed by atoms with E-state index >= 15 is 0 Å². The number of thiazole rings is 1. The highest BCUT2D eigenvalue weighted by atomic mass is 32.1. The first-order valence-electron chi connectivity index (χ1n) is 3.16. The molecule has 0 fully saturated rings. The quantitative estimate of drug-likeness (QED) is 0.654. The van der Waals surface area contributed by atoms with E-state index in [2.05, 4.69) is 16.8 Å². The summed E-state index contributed by atoms with van der Waals surface area (Å²) in [7, 11) is 0. The minimum Gasteiger partial charge on any atom is -0.384 e. The second kappa shape index (κ2) is 3.77. The third-order valence-corrected chi connectivity index (χ3v) is 1.83. The number of aliphatic hydroxyl groups excluding tert-OH is 1. The maximum atomic E-state index is 12.0. The van der Waals surface area contributed by atoms with Gasteiger partial charge in [0.15, 0.2) is 10.7 Å². The van der Waals surface area contributed by atoms with Crippen molar-refractivity contribution in [3.8, 4) is 11.8 Å². The van der Waals surface area contributed by atoms with Crippen molar-refractivity contribution in [1.82, 2.24) is 4.98 Å². The van der Waals surface area contributed by atoms with Gasteiger partial charge < -0.3 is 5.11 Å². The van der Waals surface area contributed by atoms with Crippen LogP contribution in [-0.2, 0) is 6.18 Å². The maximum absolute atomic E-state index is 12.0. The third-order valence-electron chi connectivity index (χ3n) is 1.07. The van der Waals surface area contributed by atoms with E-state index in [-0.39, 0.29) is 11.6 Å². The summed E-state index contributed by atoms with van der Waals surface area (Å²) in [6.45, 7) is -0.388. The number of nitrogens with zero attached hydrogens (tertiary/aromatic N) is 1. The lowest BCUT2D eigenvalue weighted by atomic mass is 10.5. The molecule has 0 saturated heterocycles. The zero-order valence-corrected chi connectivity index (χ0v) is 7.04. The minimum atomic E-state index is -4.42. The van der Waals surface area contributed by atoms with Crippen molar-refractivity contribution in [1.29, 1.82) is 0 Å². The number of alkyl halides is 3. The van der Waals surface area contributed by atoms with Gasteiger partial charge in [-0.25, -0.2) is 4.98 Å². The van der Waals surface area contributed by atoms with Crippen molar-refractivity contribution in [3.05, 3.63) is 16.1 Å². The fraction of sp³-hybridized carbons (Fsp3) is 0.286. The van der Waals surface area contributed by atoms with Crippen molar-refractivity contribution >= 4 is 11.3 Å². The van der Waals surface area contributed by atoms with Crippen LogP contribution in [0.4, 0.5) is 13.2 Å². The summed E-state index contributed by atoms with van der Waals surface area (Å²) in [6.07, 6.45) is -4.42. The summed E-state index contributed by atoms with van der Waals surface area (Å²) in [5, 5.41) is 9.22. The fourth-order valence-electron chi connectivity index (χ4n) is 0.576. The summed E-state index contributed by atoms with van der Waals surface area (Å²) in [5.41, 5.74) is -0.945. The average Bonchev–Trinajstić information content (AvgIpc) is 2.47. The molecule has 6 heteroatoms. The molecule has 0 aliphatic heterocycles. The Kier molecular flexibility index (Phi) is 2.90. The lowest BCUT2D eigenvalue weighted by Crippen LogP contribution is -2.04. The van der Waals surface area contributed by atoms with Crippen LogP contribution >= 0.6 is 11.3 Å². The number of aromatic nitrogens is 1. The molecular formula is C7H4F3NOS. The first-order valence-corrected chi connectivity index (χ1v) is 4.04. The largest absolute Gasteiger partial charge is 0.434 e. The van der Waals surface area contributed by atoms with Crippen LogP contribution in [0.1, 0.15) is 10.7 Å². The van der Waals surface area contributed by atoms with E-state index in [1.54, 1.807) is 0 Å². The van der Waals surface area contributed by atoms with Crippen molar-refractivity contribution in [2.75, 3.05) is 6.61 Å². The van der Waals surface area contributed by atoms with Crippen LogP contribution in [0.15, 0.2) is 5.38 Å². The van der Waals surface area contributed by atoms with Gasteiger partial charge in [-0.1, -0.05) is 5.92 Å². The molecule has 0 radical (unpaired) electrons. The molecule has 0 amide bonds. The number of rotatable bonds is 0. The van der Waals surface area contributed by atoms with Crippen LogP contribution in [0.25, 0.3) is 0 Å². The Balaban J connectivity index is 2.87. The Labute approximate surface area is 76.0 Å². The zero-order valence-electron chi connectivity index (χ0n) is 6.22. The molecule has 1 aromatic heterocycles. The topological polar surface area (TPSA) is 33.1 Å². The summed E-state index contributed by atoms with van der Waals surface area (Å²) in [6, 6.07) is 0. The minimum absolute atomic E-state index is 0.0568. The Morgan fingerprint density at radius 1 is 1.54 bits per heavy atom. The van der Waals surface area contributed by atoms with Gasteiger partial charge >= 0.3 is 6.18 Å². The number of halogens is 3. The molecule has 1 aromatic rings. The van der Waals surface area contributed by atoms with E-state index < -0.39 is 11.9 Å². The molecule has 0 aromatic carbocycles. The Bertz CT molecular complexity index is 347. The van der Waals surface area contributed by atoms with E-state index in [9.17, 15) is 13.2 Å². The lowest BCUT2D eigenvalue weighted by Gasteiger charge is -1.98. The molecule has 70 valence electrons. The third kappa shape index (κ3) is 2.72. The molecule has 0 aliphatic carbocycles. The molecule has 2 nitrogen and oxygen atoms in total. The van der Waals surface area contributed by atoms with Gasteiger partial charge in [-0.05, 0) is 5.92 Å². The monoisotopic (exact) mass is 207 g/mol. The van der Waals surface area contributed by atoms with E-state index in [0.29, 0.717) is 0 Å². The van der Waals surface area contributed by atoms with Crippen LogP contribution in [0, 0.1) is 11.8 Å². The van der Waals surface area contributed by atoms with Crippen LogP contribution in [-0.4, -0.2) is 16.7 Å². The average molecular weight is 207 g/mol. The molecule has 1 N–H and O–H groups in total. The van der Waals surface area contributed by atoms with Crippen LogP contribution in [0.2, 0.25) is 0 Å². The molecule has 0 unspecified atom stereocenters. The molecule has 0 saturated carbocycles. The van der Waals surface area contributed by atoms with Gasteiger partial charge in [0.1, 0.15) is 6.61 Å². The molecule has 0 bridgehead atoms. The van der Waals surface area contributed by atoms with Crippen LogP contribution in [0.5, 0.6) is 0 Å². The number of hydrogen-bond acceptors (Lipinski definition) is 3. The highest BCUT2D eigenvalue weighted by Crippen LogP contribution is 2.29. The molecule has 0 spiro atoms. The first kappa shape index (κ1) is 10.0. The number of hydrogen-bond donors (Lipinski definition) is 1. The Hall–Kier alpha value is -1.06. The standard InChI is InChI=1S/C7H4F3NOS/c8-7(9,10)5-4-13-6(11-5)2-1-3-12/h4,12H,3H2. The van der Waals surface area contributed by atoms with Crippen molar-refractivity contribution in [3.63, 3.8) is 0 Å². The summed E-state index contributed by atoms with van der Waals surface area (Å²) in [4.78, 5) is 3.23. The van der Waals surface area contributed by atoms with Crippen molar-refractivity contribution in [2.24, 2.45) is 0 Å². The maximum Gasteiger partial charge on any atom is 0.434 e. The summed E-state index contributed by atoms with van der Waals surface area (Å²) >= 11 is 0.801. The molecule has 0 atom stereocenters. The van der Waals surface area contributed by atoms with Gasteiger partial charge in [0.05, 0.1) is 0 Å². The molecular weight excluding hydrogens is 203 g/mol. The Morgan fingerprint density at radius 2 is 2.23 bits per heavy atom. The Morgan fingerprint density at radius 3 is 2.69 bits per heavy atom. The molecule has 1 heterocycles. The van der Waals surface area contributed by atoms with Crippen molar-refractivity contribution in [2.45, 2.75) is 6.18 Å².